The van der Waals surface area contributed by atoms with Crippen LogP contribution in [0.3, 0.4) is 0 Å². The molecule has 1 aliphatic heterocycles. The summed E-state index contributed by atoms with van der Waals surface area (Å²) in [5.74, 6) is 0.881. The van der Waals surface area contributed by atoms with Crippen LogP contribution in [0.2, 0.25) is 0 Å². The van der Waals surface area contributed by atoms with Gasteiger partial charge in [-0.05, 0) is 29.0 Å². The van der Waals surface area contributed by atoms with Crippen molar-refractivity contribution in [2.45, 2.75) is 50.0 Å². The van der Waals surface area contributed by atoms with Crippen LogP contribution in [0.15, 0.2) is 54.6 Å². The number of carbonyl (C=O) groups is 1. The quantitative estimate of drug-likeness (QED) is 0.539. The van der Waals surface area contributed by atoms with Gasteiger partial charge in [0.15, 0.2) is 6.10 Å². The first-order chi connectivity index (χ1) is 15.6. The number of ether oxygens (including phenoxy) is 5. The fraction of sp³-hybridized carbons (Fsp3) is 0.458. The predicted octanol–water partition coefficient (Wildman–Crippen LogP) is 3.18. The average Bonchev–Trinajstić information content (AvgIpc) is 2.84. The van der Waals surface area contributed by atoms with Crippen LogP contribution in [-0.2, 0) is 37.0 Å². The van der Waals surface area contributed by atoms with Gasteiger partial charge in [-0.3, -0.25) is 0 Å². The van der Waals surface area contributed by atoms with Crippen LogP contribution >= 0.6 is 11.8 Å². The van der Waals surface area contributed by atoms with Crippen LogP contribution in [-0.4, -0.2) is 60.9 Å². The molecule has 5 atom stereocenters. The molecule has 0 spiro atoms. The molecule has 0 radical (unpaired) electrons. The summed E-state index contributed by atoms with van der Waals surface area (Å²) < 4.78 is 28.3. The van der Waals surface area contributed by atoms with Crippen LogP contribution in [0.5, 0.6) is 5.75 Å². The fourth-order valence-electron chi connectivity index (χ4n) is 3.49. The Balaban J connectivity index is 1.81. The maximum Gasteiger partial charge on any atom is 0.337 e. The van der Waals surface area contributed by atoms with Crippen molar-refractivity contribution in [1.82, 2.24) is 0 Å². The van der Waals surface area contributed by atoms with E-state index in [9.17, 15) is 9.90 Å². The van der Waals surface area contributed by atoms with E-state index >= 15 is 0 Å². The van der Waals surface area contributed by atoms with Gasteiger partial charge in [0.25, 0.3) is 0 Å². The number of hydrogen-bond acceptors (Lipinski definition) is 8. The molecule has 7 nitrogen and oxygen atoms in total. The van der Waals surface area contributed by atoms with E-state index in [1.54, 1.807) is 7.11 Å². The topological polar surface area (TPSA) is 83.5 Å². The third-order valence-electron chi connectivity index (χ3n) is 5.17. The van der Waals surface area contributed by atoms with Crippen molar-refractivity contribution in [3.63, 3.8) is 0 Å². The van der Waals surface area contributed by atoms with E-state index < -0.39 is 35.8 Å². The Hall–Kier alpha value is -2.10. The molecule has 0 amide bonds. The highest BCUT2D eigenvalue weighted by Crippen LogP contribution is 2.33. The standard InChI is InChI=1S/C24H30O7S/c1-4-32-24-19(25)20(29-14-16-8-6-5-7-9-16)21(22(31-24)23(26)28-3)30-15-17-10-12-18(27-2)13-11-17/h5-13,19-22,24-25H,4,14-15H2,1-3H3/t19-,20-,21+,22+,24+/m1/s1. The molecule has 32 heavy (non-hydrogen) atoms. The lowest BCUT2D eigenvalue weighted by Crippen LogP contribution is -2.60. The SMILES string of the molecule is CCS[C@@H]1O[C@H](C(=O)OC)[C@@H](OCc2ccc(OC)cc2)[C@H](OCc2ccccc2)[C@H]1O. The second-order valence-corrected chi connectivity index (χ2v) is 8.65. The number of rotatable bonds is 10. The van der Waals surface area contributed by atoms with E-state index in [0.29, 0.717) is 5.75 Å². The van der Waals surface area contributed by atoms with Gasteiger partial charge in [0.1, 0.15) is 29.5 Å². The minimum absolute atomic E-state index is 0.203. The molecular formula is C24H30O7S. The van der Waals surface area contributed by atoms with E-state index in [0.717, 1.165) is 16.9 Å². The summed E-state index contributed by atoms with van der Waals surface area (Å²) in [6, 6.07) is 17.1. The summed E-state index contributed by atoms with van der Waals surface area (Å²) in [5.41, 5.74) is 1.20. The third-order valence-corrected chi connectivity index (χ3v) is 6.22. The van der Waals surface area contributed by atoms with Crippen molar-refractivity contribution in [3.05, 3.63) is 65.7 Å². The first kappa shape index (κ1) is 24.5. The molecule has 1 aliphatic rings. The summed E-state index contributed by atoms with van der Waals surface area (Å²) in [4.78, 5) is 12.6. The predicted molar refractivity (Wildman–Crippen MR) is 121 cm³/mol. The number of methoxy groups -OCH3 is 2. The first-order valence-electron chi connectivity index (χ1n) is 10.5. The van der Waals surface area contributed by atoms with Gasteiger partial charge in [0, 0.05) is 0 Å². The van der Waals surface area contributed by atoms with Crippen LogP contribution in [0.25, 0.3) is 0 Å². The monoisotopic (exact) mass is 462 g/mol. The summed E-state index contributed by atoms with van der Waals surface area (Å²) in [7, 11) is 2.91. The Kier molecular flexibility index (Phi) is 9.37. The molecule has 0 bridgehead atoms. The normalized spacial score (nSPS) is 25.3. The molecule has 1 saturated heterocycles. The summed E-state index contributed by atoms with van der Waals surface area (Å²) in [6.07, 6.45) is -3.63. The third kappa shape index (κ3) is 6.24. The number of hydrogen-bond donors (Lipinski definition) is 1. The average molecular weight is 463 g/mol. The molecule has 1 N–H and O–H groups in total. The van der Waals surface area contributed by atoms with Crippen molar-refractivity contribution in [2.75, 3.05) is 20.0 Å². The number of thioether (sulfide) groups is 1. The summed E-state index contributed by atoms with van der Waals surface area (Å²) in [6.45, 7) is 2.43. The van der Waals surface area contributed by atoms with Gasteiger partial charge in [-0.15, -0.1) is 11.8 Å². The van der Waals surface area contributed by atoms with Gasteiger partial charge in [0.2, 0.25) is 0 Å². The Morgan fingerprint density at radius 3 is 2.19 bits per heavy atom. The number of carbonyl (C=O) groups excluding carboxylic acids is 1. The van der Waals surface area contributed by atoms with E-state index in [1.165, 1.54) is 18.9 Å². The minimum atomic E-state index is -1.02. The van der Waals surface area contributed by atoms with E-state index in [4.69, 9.17) is 23.7 Å². The summed E-state index contributed by atoms with van der Waals surface area (Å²) >= 11 is 1.41. The van der Waals surface area contributed by atoms with Crippen molar-refractivity contribution < 1.29 is 33.6 Å². The molecule has 0 saturated carbocycles. The smallest absolute Gasteiger partial charge is 0.337 e. The maximum atomic E-state index is 12.6. The van der Waals surface area contributed by atoms with Crippen molar-refractivity contribution in [2.24, 2.45) is 0 Å². The molecule has 0 aliphatic carbocycles. The largest absolute Gasteiger partial charge is 0.497 e. The Bertz CT molecular complexity index is 830. The van der Waals surface area contributed by atoms with Crippen LogP contribution < -0.4 is 4.74 Å². The van der Waals surface area contributed by atoms with Crippen molar-refractivity contribution in [1.29, 1.82) is 0 Å². The maximum absolute atomic E-state index is 12.6. The Labute approximate surface area is 193 Å². The number of benzene rings is 2. The highest BCUT2D eigenvalue weighted by atomic mass is 32.2. The van der Waals surface area contributed by atoms with Crippen LogP contribution in [0.1, 0.15) is 18.1 Å². The number of aliphatic hydroxyl groups is 1. The lowest BCUT2D eigenvalue weighted by Gasteiger charge is -2.43. The molecule has 8 heteroatoms. The Morgan fingerprint density at radius 2 is 1.59 bits per heavy atom. The van der Waals surface area contributed by atoms with Crippen molar-refractivity contribution >= 4 is 17.7 Å². The lowest BCUT2D eigenvalue weighted by atomic mass is 9.99. The van der Waals surface area contributed by atoms with Gasteiger partial charge >= 0.3 is 5.97 Å². The van der Waals surface area contributed by atoms with E-state index in [1.807, 2.05) is 61.5 Å². The second-order valence-electron chi connectivity index (χ2n) is 7.28. The van der Waals surface area contributed by atoms with E-state index in [-0.39, 0.29) is 13.2 Å². The van der Waals surface area contributed by atoms with Gasteiger partial charge in [-0.2, -0.15) is 0 Å². The molecule has 3 rings (SSSR count). The van der Waals surface area contributed by atoms with Gasteiger partial charge in [-0.1, -0.05) is 49.4 Å². The number of esters is 1. The molecule has 1 heterocycles. The fourth-order valence-corrected chi connectivity index (χ4v) is 4.37. The molecule has 0 aromatic heterocycles. The zero-order chi connectivity index (χ0) is 22.9. The van der Waals surface area contributed by atoms with Crippen molar-refractivity contribution in [3.8, 4) is 5.75 Å². The lowest BCUT2D eigenvalue weighted by molar-refractivity contribution is -0.238. The molecule has 174 valence electrons. The molecule has 0 unspecified atom stereocenters. The number of aliphatic hydroxyl groups excluding tert-OH is 1. The van der Waals surface area contributed by atoms with Crippen LogP contribution in [0, 0.1) is 0 Å². The van der Waals surface area contributed by atoms with Crippen LogP contribution in [0.4, 0.5) is 0 Å². The zero-order valence-electron chi connectivity index (χ0n) is 18.5. The Morgan fingerprint density at radius 1 is 0.969 bits per heavy atom. The van der Waals surface area contributed by atoms with Gasteiger partial charge < -0.3 is 28.8 Å². The first-order valence-corrected chi connectivity index (χ1v) is 11.5. The minimum Gasteiger partial charge on any atom is -0.497 e. The zero-order valence-corrected chi connectivity index (χ0v) is 19.3. The molecule has 2 aromatic rings. The van der Waals surface area contributed by atoms with Gasteiger partial charge in [-0.25, -0.2) is 4.79 Å². The highest BCUT2D eigenvalue weighted by molar-refractivity contribution is 7.99. The summed E-state index contributed by atoms with van der Waals surface area (Å²) in [5, 5.41) is 11.0. The molecule has 1 fully saturated rings. The van der Waals surface area contributed by atoms with E-state index in [2.05, 4.69) is 0 Å². The molecule has 2 aromatic carbocycles. The highest BCUT2D eigenvalue weighted by Gasteiger charge is 2.50. The van der Waals surface area contributed by atoms with Gasteiger partial charge in [0.05, 0.1) is 27.4 Å². The molecular weight excluding hydrogens is 432 g/mol. The second kappa shape index (κ2) is 12.2.